The molecule has 1 aliphatic heterocycles. The summed E-state index contributed by atoms with van der Waals surface area (Å²) >= 11 is 0. The summed E-state index contributed by atoms with van der Waals surface area (Å²) in [6.45, 7) is 8.62. The zero-order chi connectivity index (χ0) is 13.7. The fraction of sp³-hybridized carbons (Fsp3) is 0.625. The molecule has 0 aromatic heterocycles. The predicted molar refractivity (Wildman–Crippen MR) is 80.6 cm³/mol. The van der Waals surface area contributed by atoms with E-state index in [4.69, 9.17) is 4.74 Å². The lowest BCUT2D eigenvalue weighted by Crippen LogP contribution is -2.41. The number of methoxy groups -OCH3 is 1. The number of rotatable bonds is 4. The van der Waals surface area contributed by atoms with E-state index in [0.29, 0.717) is 18.6 Å². The molecule has 0 bridgehead atoms. The highest BCUT2D eigenvalue weighted by Gasteiger charge is 2.20. The average Bonchev–Trinajstić information content (AvgIpc) is 2.65. The molecule has 2 rings (SSSR count). The topological polar surface area (TPSA) is 24.5 Å². The Hall–Kier alpha value is -1.06. The molecule has 0 aliphatic carbocycles. The standard InChI is InChI=1S/C16H26N2O/c1-13(2)16-11-18(9-5-8-17-16)15-7-4-6-14(10-15)12-19-3/h4,6-7,10,13,16-17H,5,8-9,11-12H2,1-3H3. The van der Waals surface area contributed by atoms with Crippen molar-refractivity contribution in [3.05, 3.63) is 29.8 Å². The second kappa shape index (κ2) is 6.92. The largest absolute Gasteiger partial charge is 0.380 e. The van der Waals surface area contributed by atoms with Crippen LogP contribution in [-0.2, 0) is 11.3 Å². The van der Waals surface area contributed by atoms with Crippen LogP contribution in [0.1, 0.15) is 25.8 Å². The van der Waals surface area contributed by atoms with E-state index in [1.807, 2.05) is 0 Å². The summed E-state index contributed by atoms with van der Waals surface area (Å²) in [5, 5.41) is 3.65. The van der Waals surface area contributed by atoms with Gasteiger partial charge in [0.2, 0.25) is 0 Å². The molecule has 1 heterocycles. The van der Waals surface area contributed by atoms with Gasteiger partial charge in [0.15, 0.2) is 0 Å². The summed E-state index contributed by atoms with van der Waals surface area (Å²) in [7, 11) is 1.75. The summed E-state index contributed by atoms with van der Waals surface area (Å²) in [6.07, 6.45) is 1.21. The maximum absolute atomic E-state index is 5.22. The molecule has 3 heteroatoms. The Morgan fingerprint density at radius 1 is 1.42 bits per heavy atom. The third kappa shape index (κ3) is 3.95. The van der Waals surface area contributed by atoms with E-state index >= 15 is 0 Å². The van der Waals surface area contributed by atoms with E-state index in [0.717, 1.165) is 19.6 Å². The Morgan fingerprint density at radius 3 is 3.00 bits per heavy atom. The monoisotopic (exact) mass is 262 g/mol. The molecule has 1 unspecified atom stereocenters. The maximum atomic E-state index is 5.22. The number of hydrogen-bond acceptors (Lipinski definition) is 3. The molecule has 1 aromatic carbocycles. The fourth-order valence-electron chi connectivity index (χ4n) is 2.64. The first-order chi connectivity index (χ1) is 9.20. The molecule has 0 spiro atoms. The van der Waals surface area contributed by atoms with E-state index in [1.54, 1.807) is 7.11 Å². The van der Waals surface area contributed by atoms with Gasteiger partial charge < -0.3 is 15.0 Å². The number of ether oxygens (including phenoxy) is 1. The van der Waals surface area contributed by atoms with Crippen molar-refractivity contribution in [1.82, 2.24) is 5.32 Å². The van der Waals surface area contributed by atoms with Gasteiger partial charge >= 0.3 is 0 Å². The normalized spacial score (nSPS) is 20.6. The molecule has 1 aliphatic rings. The van der Waals surface area contributed by atoms with Crippen molar-refractivity contribution < 1.29 is 4.74 Å². The van der Waals surface area contributed by atoms with Gasteiger partial charge in [0.25, 0.3) is 0 Å². The van der Waals surface area contributed by atoms with E-state index in [2.05, 4.69) is 48.3 Å². The molecule has 0 saturated carbocycles. The van der Waals surface area contributed by atoms with Crippen molar-refractivity contribution in [3.63, 3.8) is 0 Å². The van der Waals surface area contributed by atoms with Gasteiger partial charge in [0, 0.05) is 31.9 Å². The van der Waals surface area contributed by atoms with Gasteiger partial charge in [0.1, 0.15) is 0 Å². The van der Waals surface area contributed by atoms with Crippen molar-refractivity contribution >= 4 is 5.69 Å². The molecule has 19 heavy (non-hydrogen) atoms. The van der Waals surface area contributed by atoms with Gasteiger partial charge in [-0.15, -0.1) is 0 Å². The predicted octanol–water partition coefficient (Wildman–Crippen LogP) is 2.66. The van der Waals surface area contributed by atoms with Crippen molar-refractivity contribution in [2.45, 2.75) is 32.9 Å². The van der Waals surface area contributed by atoms with Crippen LogP contribution in [0.2, 0.25) is 0 Å². The Morgan fingerprint density at radius 2 is 2.26 bits per heavy atom. The number of hydrogen-bond donors (Lipinski definition) is 1. The van der Waals surface area contributed by atoms with Crippen molar-refractivity contribution in [2.24, 2.45) is 5.92 Å². The van der Waals surface area contributed by atoms with E-state index < -0.39 is 0 Å². The first-order valence-corrected chi connectivity index (χ1v) is 7.27. The Bertz CT molecular complexity index is 392. The molecule has 1 aromatic rings. The molecule has 1 fully saturated rings. The molecular weight excluding hydrogens is 236 g/mol. The van der Waals surface area contributed by atoms with Crippen LogP contribution in [0.15, 0.2) is 24.3 Å². The van der Waals surface area contributed by atoms with Crippen LogP contribution in [0.4, 0.5) is 5.69 Å². The lowest BCUT2D eigenvalue weighted by atomic mass is 10.0. The highest BCUT2D eigenvalue weighted by Crippen LogP contribution is 2.20. The summed E-state index contributed by atoms with van der Waals surface area (Å²) in [5.41, 5.74) is 2.57. The smallest absolute Gasteiger partial charge is 0.0713 e. The molecule has 0 amide bonds. The van der Waals surface area contributed by atoms with E-state index in [1.165, 1.54) is 17.7 Å². The summed E-state index contributed by atoms with van der Waals surface area (Å²) in [6, 6.07) is 9.30. The SMILES string of the molecule is COCc1cccc(N2CCCNC(C(C)C)C2)c1. The van der Waals surface area contributed by atoms with Crippen molar-refractivity contribution in [3.8, 4) is 0 Å². The van der Waals surface area contributed by atoms with Crippen LogP contribution >= 0.6 is 0 Å². The van der Waals surface area contributed by atoms with Crippen LogP contribution in [0.5, 0.6) is 0 Å². The first kappa shape index (κ1) is 14.4. The lowest BCUT2D eigenvalue weighted by molar-refractivity contribution is 0.185. The molecule has 1 N–H and O–H groups in total. The van der Waals surface area contributed by atoms with Gasteiger partial charge in [0.05, 0.1) is 6.61 Å². The van der Waals surface area contributed by atoms with Gasteiger partial charge in [-0.3, -0.25) is 0 Å². The van der Waals surface area contributed by atoms with Crippen molar-refractivity contribution in [1.29, 1.82) is 0 Å². The maximum Gasteiger partial charge on any atom is 0.0713 e. The third-order valence-corrected chi connectivity index (χ3v) is 3.82. The van der Waals surface area contributed by atoms with E-state index in [9.17, 15) is 0 Å². The number of nitrogens with zero attached hydrogens (tertiary/aromatic N) is 1. The highest BCUT2D eigenvalue weighted by molar-refractivity contribution is 5.49. The summed E-state index contributed by atoms with van der Waals surface area (Å²) < 4.78 is 5.22. The first-order valence-electron chi connectivity index (χ1n) is 7.27. The van der Waals surface area contributed by atoms with Crippen LogP contribution in [0, 0.1) is 5.92 Å². The van der Waals surface area contributed by atoms with Gasteiger partial charge in [-0.2, -0.15) is 0 Å². The van der Waals surface area contributed by atoms with Crippen LogP contribution in [0.3, 0.4) is 0 Å². The number of benzene rings is 1. The summed E-state index contributed by atoms with van der Waals surface area (Å²) in [5.74, 6) is 0.669. The Kier molecular flexibility index (Phi) is 5.23. The fourth-order valence-corrected chi connectivity index (χ4v) is 2.64. The van der Waals surface area contributed by atoms with Gasteiger partial charge in [-0.1, -0.05) is 26.0 Å². The second-order valence-electron chi connectivity index (χ2n) is 5.71. The average molecular weight is 262 g/mol. The lowest BCUT2D eigenvalue weighted by Gasteiger charge is -2.28. The minimum atomic E-state index is 0.577. The van der Waals surface area contributed by atoms with Crippen molar-refractivity contribution in [2.75, 3.05) is 31.6 Å². The Balaban J connectivity index is 2.12. The molecule has 1 saturated heterocycles. The number of anilines is 1. The third-order valence-electron chi connectivity index (χ3n) is 3.82. The quantitative estimate of drug-likeness (QED) is 0.903. The van der Waals surface area contributed by atoms with Crippen LogP contribution in [-0.4, -0.2) is 32.8 Å². The zero-order valence-corrected chi connectivity index (χ0v) is 12.4. The molecule has 0 radical (unpaired) electrons. The zero-order valence-electron chi connectivity index (χ0n) is 12.4. The second-order valence-corrected chi connectivity index (χ2v) is 5.71. The summed E-state index contributed by atoms with van der Waals surface area (Å²) in [4.78, 5) is 2.50. The Labute approximate surface area is 116 Å². The van der Waals surface area contributed by atoms with E-state index in [-0.39, 0.29) is 0 Å². The molecule has 1 atom stereocenters. The van der Waals surface area contributed by atoms with Crippen LogP contribution < -0.4 is 10.2 Å². The van der Waals surface area contributed by atoms with Gasteiger partial charge in [-0.25, -0.2) is 0 Å². The van der Waals surface area contributed by atoms with Gasteiger partial charge in [-0.05, 0) is 36.6 Å². The van der Waals surface area contributed by atoms with Crippen LogP contribution in [0.25, 0.3) is 0 Å². The minimum Gasteiger partial charge on any atom is -0.380 e. The number of nitrogens with one attached hydrogen (secondary N) is 1. The highest BCUT2D eigenvalue weighted by atomic mass is 16.5. The molecule has 3 nitrogen and oxygen atoms in total. The molecule has 106 valence electrons. The minimum absolute atomic E-state index is 0.577. The molecular formula is C16H26N2O.